The van der Waals surface area contributed by atoms with Crippen LogP contribution in [0.1, 0.15) is 11.1 Å². The van der Waals surface area contributed by atoms with Gasteiger partial charge in [0, 0.05) is 23.5 Å². The molecule has 0 bridgehead atoms. The molecule has 27 heavy (non-hydrogen) atoms. The van der Waals surface area contributed by atoms with Crippen molar-refractivity contribution in [3.8, 4) is 11.1 Å². The summed E-state index contributed by atoms with van der Waals surface area (Å²) in [5.41, 5.74) is 7.55. The second-order valence-electron chi connectivity index (χ2n) is 6.74. The summed E-state index contributed by atoms with van der Waals surface area (Å²) in [5, 5.41) is 0. The highest BCUT2D eigenvalue weighted by Crippen LogP contribution is 2.38. The number of anilines is 2. The average molecular weight is 349 g/mol. The third-order valence-corrected chi connectivity index (χ3v) is 4.86. The van der Waals surface area contributed by atoms with Gasteiger partial charge in [-0.3, -0.25) is 0 Å². The Morgan fingerprint density at radius 1 is 0.593 bits per heavy atom. The molecule has 0 fully saturated rings. The lowest BCUT2D eigenvalue weighted by Crippen LogP contribution is -2.17. The van der Waals surface area contributed by atoms with E-state index in [1.165, 1.54) is 33.6 Å². The van der Waals surface area contributed by atoms with E-state index in [0.717, 1.165) is 6.54 Å². The van der Waals surface area contributed by atoms with Crippen LogP contribution in [0.5, 0.6) is 0 Å². The maximum absolute atomic E-state index is 2.41. The van der Waals surface area contributed by atoms with Crippen LogP contribution in [0.3, 0.4) is 0 Å². The van der Waals surface area contributed by atoms with Crippen molar-refractivity contribution in [3.63, 3.8) is 0 Å². The smallest absolute Gasteiger partial charge is 0.0496 e. The largest absolute Gasteiger partial charge is 0.336 e. The van der Waals surface area contributed by atoms with Gasteiger partial charge in [0.1, 0.15) is 0 Å². The summed E-state index contributed by atoms with van der Waals surface area (Å²) >= 11 is 0. The third kappa shape index (κ3) is 3.78. The molecule has 0 aromatic heterocycles. The van der Waals surface area contributed by atoms with Gasteiger partial charge in [-0.1, -0.05) is 91.0 Å². The first-order valence-electron chi connectivity index (χ1n) is 9.34. The van der Waals surface area contributed by atoms with Crippen LogP contribution in [0.15, 0.2) is 109 Å². The van der Waals surface area contributed by atoms with Crippen molar-refractivity contribution >= 4 is 11.4 Å². The number of hydrogen-bond acceptors (Lipinski definition) is 1. The first kappa shape index (κ1) is 17.1. The predicted octanol–water partition coefficient (Wildman–Crippen LogP) is 7.00. The van der Waals surface area contributed by atoms with Crippen molar-refractivity contribution in [2.24, 2.45) is 0 Å². The average Bonchev–Trinajstić information content (AvgIpc) is 2.74. The van der Waals surface area contributed by atoms with Gasteiger partial charge >= 0.3 is 0 Å². The van der Waals surface area contributed by atoms with Crippen molar-refractivity contribution < 1.29 is 0 Å². The Morgan fingerprint density at radius 2 is 1.19 bits per heavy atom. The molecule has 0 atom stereocenters. The molecular formula is C26H23N. The van der Waals surface area contributed by atoms with Gasteiger partial charge in [0.2, 0.25) is 0 Å². The molecule has 0 radical (unpaired) electrons. The van der Waals surface area contributed by atoms with E-state index >= 15 is 0 Å². The fraction of sp³-hybridized carbons (Fsp3) is 0.0769. The highest BCUT2D eigenvalue weighted by atomic mass is 15.1. The van der Waals surface area contributed by atoms with Crippen LogP contribution < -0.4 is 4.90 Å². The van der Waals surface area contributed by atoms with Gasteiger partial charge < -0.3 is 4.90 Å². The van der Waals surface area contributed by atoms with Crippen LogP contribution in [-0.4, -0.2) is 0 Å². The lowest BCUT2D eigenvalue weighted by molar-refractivity contribution is 0.975. The number of hydrogen-bond donors (Lipinski definition) is 0. The summed E-state index contributed by atoms with van der Waals surface area (Å²) in [6, 6.07) is 38.5. The van der Waals surface area contributed by atoms with Crippen LogP contribution in [0.2, 0.25) is 0 Å². The van der Waals surface area contributed by atoms with Crippen molar-refractivity contribution in [1.82, 2.24) is 0 Å². The molecule has 0 amide bonds. The topological polar surface area (TPSA) is 3.24 Å². The molecule has 0 saturated carbocycles. The normalized spacial score (nSPS) is 10.6. The molecule has 0 aliphatic carbocycles. The Labute approximate surface area is 161 Å². The van der Waals surface area contributed by atoms with Gasteiger partial charge in [-0.25, -0.2) is 0 Å². The molecule has 0 aliphatic heterocycles. The standard InChI is InChI=1S/C26H23N/c1-21-12-11-19-25(26(21)23-15-7-3-8-16-23)27(24-17-9-4-10-18-24)20-22-13-5-2-6-14-22/h2-19H,20H2,1H3. The molecule has 0 aliphatic rings. The van der Waals surface area contributed by atoms with Gasteiger partial charge in [-0.2, -0.15) is 0 Å². The van der Waals surface area contributed by atoms with Crippen molar-refractivity contribution in [1.29, 1.82) is 0 Å². The molecule has 132 valence electrons. The van der Waals surface area contributed by atoms with Gasteiger partial charge in [0.25, 0.3) is 0 Å². The van der Waals surface area contributed by atoms with Crippen LogP contribution in [0, 0.1) is 6.92 Å². The van der Waals surface area contributed by atoms with E-state index in [-0.39, 0.29) is 0 Å². The van der Waals surface area contributed by atoms with E-state index in [0.29, 0.717) is 0 Å². The van der Waals surface area contributed by atoms with Gasteiger partial charge in [-0.15, -0.1) is 0 Å². The fourth-order valence-corrected chi connectivity index (χ4v) is 3.55. The summed E-state index contributed by atoms with van der Waals surface area (Å²) in [6.45, 7) is 3.02. The first-order chi connectivity index (χ1) is 13.3. The van der Waals surface area contributed by atoms with Crippen LogP contribution in [0.25, 0.3) is 11.1 Å². The quantitative estimate of drug-likeness (QED) is 0.375. The molecule has 0 saturated heterocycles. The van der Waals surface area contributed by atoms with E-state index in [4.69, 9.17) is 0 Å². The molecule has 4 aromatic rings. The number of aryl methyl sites for hydroxylation is 1. The van der Waals surface area contributed by atoms with Crippen molar-refractivity contribution in [2.75, 3.05) is 4.90 Å². The Kier molecular flexibility index (Phi) is 5.02. The predicted molar refractivity (Wildman–Crippen MR) is 115 cm³/mol. The molecular weight excluding hydrogens is 326 g/mol. The first-order valence-corrected chi connectivity index (χ1v) is 9.34. The Balaban J connectivity index is 1.87. The molecule has 0 heterocycles. The fourth-order valence-electron chi connectivity index (χ4n) is 3.55. The number of para-hydroxylation sites is 1. The minimum atomic E-state index is 0.828. The zero-order valence-corrected chi connectivity index (χ0v) is 15.5. The molecule has 0 spiro atoms. The van der Waals surface area contributed by atoms with Crippen LogP contribution >= 0.6 is 0 Å². The molecule has 0 N–H and O–H groups in total. The van der Waals surface area contributed by atoms with E-state index in [1.54, 1.807) is 0 Å². The maximum Gasteiger partial charge on any atom is 0.0496 e. The van der Waals surface area contributed by atoms with Crippen LogP contribution in [-0.2, 0) is 6.54 Å². The maximum atomic E-state index is 2.41. The Morgan fingerprint density at radius 3 is 1.85 bits per heavy atom. The summed E-state index contributed by atoms with van der Waals surface area (Å²) in [5.74, 6) is 0. The zero-order valence-electron chi connectivity index (χ0n) is 15.5. The molecule has 1 nitrogen and oxygen atoms in total. The van der Waals surface area contributed by atoms with Crippen molar-refractivity contribution in [3.05, 3.63) is 120 Å². The monoisotopic (exact) mass is 349 g/mol. The highest BCUT2D eigenvalue weighted by Gasteiger charge is 2.16. The van der Waals surface area contributed by atoms with E-state index < -0.39 is 0 Å². The number of rotatable bonds is 5. The van der Waals surface area contributed by atoms with E-state index in [2.05, 4.69) is 121 Å². The molecule has 4 rings (SSSR count). The number of nitrogens with zero attached hydrogens (tertiary/aromatic N) is 1. The summed E-state index contributed by atoms with van der Waals surface area (Å²) in [4.78, 5) is 2.41. The highest BCUT2D eigenvalue weighted by molar-refractivity contribution is 5.84. The van der Waals surface area contributed by atoms with E-state index in [9.17, 15) is 0 Å². The van der Waals surface area contributed by atoms with Crippen LogP contribution in [0.4, 0.5) is 11.4 Å². The summed E-state index contributed by atoms with van der Waals surface area (Å²) in [6.07, 6.45) is 0. The van der Waals surface area contributed by atoms with Gasteiger partial charge in [0.15, 0.2) is 0 Å². The van der Waals surface area contributed by atoms with Gasteiger partial charge in [-0.05, 0) is 41.8 Å². The SMILES string of the molecule is Cc1cccc(N(Cc2ccccc2)c2ccccc2)c1-c1ccccc1. The molecule has 0 unspecified atom stereocenters. The summed E-state index contributed by atoms with van der Waals surface area (Å²) < 4.78 is 0. The molecule has 4 aromatic carbocycles. The van der Waals surface area contributed by atoms with E-state index in [1.807, 2.05) is 0 Å². The summed E-state index contributed by atoms with van der Waals surface area (Å²) in [7, 11) is 0. The minimum absolute atomic E-state index is 0.828. The van der Waals surface area contributed by atoms with Crippen molar-refractivity contribution in [2.45, 2.75) is 13.5 Å². The lowest BCUT2D eigenvalue weighted by Gasteiger charge is -2.28. The Hall–Kier alpha value is -3.32. The third-order valence-electron chi connectivity index (χ3n) is 4.86. The van der Waals surface area contributed by atoms with Gasteiger partial charge in [0.05, 0.1) is 0 Å². The Bertz CT molecular complexity index is 992. The second-order valence-corrected chi connectivity index (χ2v) is 6.74. The second kappa shape index (κ2) is 7.92. The lowest BCUT2D eigenvalue weighted by atomic mass is 9.97. The molecule has 1 heteroatoms. The zero-order chi connectivity index (χ0) is 18.5. The number of benzene rings is 4. The minimum Gasteiger partial charge on any atom is -0.336 e.